The minimum absolute atomic E-state index is 0.142. The summed E-state index contributed by atoms with van der Waals surface area (Å²) in [6.07, 6.45) is 0.316. The highest BCUT2D eigenvalue weighted by Crippen LogP contribution is 2.21. The molecule has 1 heterocycles. The fourth-order valence-electron chi connectivity index (χ4n) is 2.66. The Hall–Kier alpha value is -2.70. The summed E-state index contributed by atoms with van der Waals surface area (Å²) in [6, 6.07) is 6.53. The number of hydrogen-bond donors (Lipinski definition) is 2. The van der Waals surface area contributed by atoms with E-state index in [4.69, 9.17) is 5.11 Å². The van der Waals surface area contributed by atoms with Gasteiger partial charge >= 0.3 is 5.97 Å². The van der Waals surface area contributed by atoms with Gasteiger partial charge in [-0.1, -0.05) is 32.0 Å². The maximum absolute atomic E-state index is 14.0. The monoisotopic (exact) mass is 347 g/mol. The number of carboxylic acid groups (broad SMARTS) is 1. The summed E-state index contributed by atoms with van der Waals surface area (Å²) in [5.41, 5.74) is 1.23. The summed E-state index contributed by atoms with van der Waals surface area (Å²) in [6.45, 7) is 4.10. The van der Waals surface area contributed by atoms with Crippen molar-refractivity contribution >= 4 is 11.9 Å². The van der Waals surface area contributed by atoms with Gasteiger partial charge in [-0.3, -0.25) is 14.3 Å². The molecule has 25 heavy (non-hydrogen) atoms. The Morgan fingerprint density at radius 3 is 2.60 bits per heavy atom. The molecule has 2 rings (SSSR count). The fraction of sp³-hybridized carbons (Fsp3) is 0.389. The summed E-state index contributed by atoms with van der Waals surface area (Å²) in [4.78, 5) is 23.7. The van der Waals surface area contributed by atoms with Crippen LogP contribution >= 0.6 is 0 Å². The molecule has 0 aliphatic carbocycles. The van der Waals surface area contributed by atoms with Gasteiger partial charge < -0.3 is 10.4 Å². The number of aryl methyl sites for hydroxylation is 1. The molecule has 1 aromatic heterocycles. The van der Waals surface area contributed by atoms with Crippen LogP contribution in [-0.2, 0) is 18.3 Å². The van der Waals surface area contributed by atoms with Crippen LogP contribution in [0.1, 0.15) is 48.1 Å². The highest BCUT2D eigenvalue weighted by atomic mass is 19.1. The zero-order valence-electron chi connectivity index (χ0n) is 14.5. The van der Waals surface area contributed by atoms with Gasteiger partial charge in [-0.05, 0) is 24.5 Å². The number of carbonyl (C=O) groups is 2. The van der Waals surface area contributed by atoms with Crippen molar-refractivity contribution in [1.82, 2.24) is 15.1 Å². The largest absolute Gasteiger partial charge is 0.481 e. The molecule has 1 atom stereocenters. The van der Waals surface area contributed by atoms with Crippen molar-refractivity contribution in [3.63, 3.8) is 0 Å². The molecule has 6 nitrogen and oxygen atoms in total. The van der Waals surface area contributed by atoms with Crippen molar-refractivity contribution in [1.29, 1.82) is 0 Å². The van der Waals surface area contributed by atoms with E-state index in [-0.39, 0.29) is 5.56 Å². The molecule has 1 unspecified atom stereocenters. The number of aliphatic carboxylic acids is 1. The Morgan fingerprint density at radius 2 is 2.00 bits per heavy atom. The number of aromatic nitrogens is 2. The Morgan fingerprint density at radius 1 is 1.32 bits per heavy atom. The standard InChI is InChI=1S/C18H22FN3O3/c1-11(2)8-12-9-16(22(3)21-12)18(25)20-15(10-17(23)24)13-6-4-5-7-14(13)19/h4-7,9,11,15H,8,10H2,1-3H3,(H,20,25)(H,23,24). The van der Waals surface area contributed by atoms with Crippen molar-refractivity contribution in [2.75, 3.05) is 0 Å². The zero-order valence-corrected chi connectivity index (χ0v) is 14.5. The molecule has 0 spiro atoms. The van der Waals surface area contributed by atoms with E-state index < -0.39 is 30.2 Å². The van der Waals surface area contributed by atoms with Gasteiger partial charge in [-0.25, -0.2) is 4.39 Å². The van der Waals surface area contributed by atoms with Gasteiger partial charge in [0, 0.05) is 12.6 Å². The predicted molar refractivity (Wildman–Crippen MR) is 90.6 cm³/mol. The molecule has 0 fully saturated rings. The molecule has 2 N–H and O–H groups in total. The van der Waals surface area contributed by atoms with E-state index in [1.54, 1.807) is 19.2 Å². The lowest BCUT2D eigenvalue weighted by Gasteiger charge is -2.18. The minimum atomic E-state index is -1.13. The summed E-state index contributed by atoms with van der Waals surface area (Å²) < 4.78 is 15.5. The number of halogens is 1. The van der Waals surface area contributed by atoms with E-state index in [0.29, 0.717) is 11.6 Å². The number of benzene rings is 1. The van der Waals surface area contributed by atoms with Crippen LogP contribution in [-0.4, -0.2) is 26.8 Å². The quantitative estimate of drug-likeness (QED) is 0.806. The van der Waals surface area contributed by atoms with Gasteiger partial charge in [0.15, 0.2) is 0 Å². The third kappa shape index (κ3) is 4.89. The predicted octanol–water partition coefficient (Wildman–Crippen LogP) is 2.70. The Kier molecular flexibility index (Phi) is 5.90. The average molecular weight is 347 g/mol. The summed E-state index contributed by atoms with van der Waals surface area (Å²) >= 11 is 0. The van der Waals surface area contributed by atoms with Gasteiger partial charge in [0.05, 0.1) is 18.2 Å². The molecule has 0 aliphatic heterocycles. The first-order valence-electron chi connectivity index (χ1n) is 8.08. The second-order valence-electron chi connectivity index (χ2n) is 6.39. The maximum atomic E-state index is 14.0. The molecule has 0 bridgehead atoms. The number of nitrogens with zero attached hydrogens (tertiary/aromatic N) is 2. The van der Waals surface area contributed by atoms with Crippen molar-refractivity contribution in [2.24, 2.45) is 13.0 Å². The lowest BCUT2D eigenvalue weighted by atomic mass is 10.0. The van der Waals surface area contributed by atoms with E-state index >= 15 is 0 Å². The smallest absolute Gasteiger partial charge is 0.305 e. The highest BCUT2D eigenvalue weighted by molar-refractivity contribution is 5.93. The van der Waals surface area contributed by atoms with Crippen LogP contribution in [0, 0.1) is 11.7 Å². The number of rotatable bonds is 7. The van der Waals surface area contributed by atoms with Gasteiger partial charge in [0.2, 0.25) is 0 Å². The molecule has 134 valence electrons. The first-order valence-corrected chi connectivity index (χ1v) is 8.08. The topological polar surface area (TPSA) is 84.2 Å². The van der Waals surface area contributed by atoms with Crippen molar-refractivity contribution in [2.45, 2.75) is 32.7 Å². The number of hydrogen-bond acceptors (Lipinski definition) is 3. The molecule has 7 heteroatoms. The number of nitrogens with one attached hydrogen (secondary N) is 1. The minimum Gasteiger partial charge on any atom is -0.481 e. The van der Waals surface area contributed by atoms with E-state index in [9.17, 15) is 14.0 Å². The molecule has 0 saturated heterocycles. The lowest BCUT2D eigenvalue weighted by molar-refractivity contribution is -0.137. The van der Waals surface area contributed by atoms with Crippen LogP contribution in [0.4, 0.5) is 4.39 Å². The fourth-order valence-corrected chi connectivity index (χ4v) is 2.66. The van der Waals surface area contributed by atoms with Gasteiger partial charge in [0.25, 0.3) is 5.91 Å². The van der Waals surface area contributed by atoms with Crippen LogP contribution in [0.2, 0.25) is 0 Å². The van der Waals surface area contributed by atoms with Crippen molar-refractivity contribution in [3.8, 4) is 0 Å². The van der Waals surface area contributed by atoms with Gasteiger partial charge in [0.1, 0.15) is 11.5 Å². The van der Waals surface area contributed by atoms with Crippen molar-refractivity contribution in [3.05, 3.63) is 53.1 Å². The zero-order chi connectivity index (χ0) is 18.6. The van der Waals surface area contributed by atoms with Crippen LogP contribution in [0.5, 0.6) is 0 Å². The molecular formula is C18H22FN3O3. The molecule has 1 amide bonds. The SMILES string of the molecule is CC(C)Cc1cc(C(=O)NC(CC(=O)O)c2ccccc2F)n(C)n1. The second kappa shape index (κ2) is 7.92. The lowest BCUT2D eigenvalue weighted by Crippen LogP contribution is -2.32. The van der Waals surface area contributed by atoms with Crippen LogP contribution < -0.4 is 5.32 Å². The number of carboxylic acids is 1. The maximum Gasteiger partial charge on any atom is 0.305 e. The van der Waals surface area contributed by atoms with Crippen LogP contribution in [0.3, 0.4) is 0 Å². The molecule has 0 saturated carbocycles. The summed E-state index contributed by atoms with van der Waals surface area (Å²) in [5.74, 6) is -1.78. The molecule has 2 aromatic rings. The Balaban J connectivity index is 2.24. The number of amides is 1. The molecule has 0 radical (unpaired) electrons. The Labute approximate surface area is 145 Å². The van der Waals surface area contributed by atoms with Crippen LogP contribution in [0.25, 0.3) is 0 Å². The highest BCUT2D eigenvalue weighted by Gasteiger charge is 2.23. The first kappa shape index (κ1) is 18.6. The molecule has 0 aliphatic rings. The first-order chi connectivity index (χ1) is 11.8. The number of carbonyl (C=O) groups excluding carboxylic acids is 1. The second-order valence-corrected chi connectivity index (χ2v) is 6.39. The van der Waals surface area contributed by atoms with Crippen LogP contribution in [0.15, 0.2) is 30.3 Å². The molecular weight excluding hydrogens is 325 g/mol. The normalized spacial score (nSPS) is 12.2. The average Bonchev–Trinajstić information content (AvgIpc) is 2.86. The van der Waals surface area contributed by atoms with E-state index in [0.717, 1.165) is 12.1 Å². The van der Waals surface area contributed by atoms with E-state index in [1.807, 2.05) is 0 Å². The van der Waals surface area contributed by atoms with Gasteiger partial charge in [-0.15, -0.1) is 0 Å². The molecule has 1 aromatic carbocycles. The van der Waals surface area contributed by atoms with Crippen molar-refractivity contribution < 1.29 is 19.1 Å². The van der Waals surface area contributed by atoms with E-state index in [2.05, 4.69) is 24.3 Å². The summed E-state index contributed by atoms with van der Waals surface area (Å²) in [7, 11) is 1.65. The van der Waals surface area contributed by atoms with E-state index in [1.165, 1.54) is 22.9 Å². The summed E-state index contributed by atoms with van der Waals surface area (Å²) in [5, 5.41) is 16.0. The van der Waals surface area contributed by atoms with Gasteiger partial charge in [-0.2, -0.15) is 5.10 Å². The Bertz CT molecular complexity index is 771. The third-order valence-electron chi connectivity index (χ3n) is 3.75. The third-order valence-corrected chi connectivity index (χ3v) is 3.75.